The van der Waals surface area contributed by atoms with Crippen molar-refractivity contribution in [1.82, 2.24) is 20.3 Å². The van der Waals surface area contributed by atoms with Crippen LogP contribution in [0.4, 0.5) is 18.3 Å². The Labute approximate surface area is 132 Å². The summed E-state index contributed by atoms with van der Waals surface area (Å²) in [6.45, 7) is -1.40. The molecule has 0 aromatic carbocycles. The van der Waals surface area contributed by atoms with Gasteiger partial charge in [-0.15, -0.1) is 11.3 Å². The minimum Gasteiger partial charge on any atom is -0.347 e. The van der Waals surface area contributed by atoms with Crippen molar-refractivity contribution in [2.45, 2.75) is 12.6 Å². The first kappa shape index (κ1) is 16.8. The molecule has 2 aromatic heterocycles. The lowest BCUT2D eigenvalue weighted by atomic mass is 10.3. The zero-order chi connectivity index (χ0) is 16.9. The van der Waals surface area contributed by atoms with Gasteiger partial charge in [0.2, 0.25) is 11.7 Å². The van der Waals surface area contributed by atoms with Gasteiger partial charge in [0.1, 0.15) is 6.54 Å². The molecule has 0 saturated heterocycles. The van der Waals surface area contributed by atoms with Crippen LogP contribution in [-0.2, 0) is 11.2 Å². The third kappa shape index (κ3) is 5.62. The molecule has 0 aliphatic rings. The van der Waals surface area contributed by atoms with Crippen LogP contribution in [0.5, 0.6) is 0 Å². The van der Waals surface area contributed by atoms with E-state index >= 15 is 0 Å². The predicted octanol–water partition coefficient (Wildman–Crippen LogP) is 1.41. The third-order valence-electron chi connectivity index (χ3n) is 2.37. The van der Waals surface area contributed by atoms with Crippen LogP contribution in [0.2, 0.25) is 0 Å². The topological polar surface area (TPSA) is 96.9 Å². The van der Waals surface area contributed by atoms with Crippen LogP contribution in [0.3, 0.4) is 0 Å². The van der Waals surface area contributed by atoms with E-state index in [2.05, 4.69) is 20.3 Å². The standard InChI is InChI=1S/C12H10F3N5O2S/c13-12(14,15)6-18-8(21)4-7-5-23-11(19-7)20-10(22)9-16-2-1-3-17-9/h1-3,5H,4,6H2,(H,18,21)(H,19,20,22). The number of nitrogens with zero attached hydrogens (tertiary/aromatic N) is 3. The molecule has 0 saturated carbocycles. The molecule has 2 heterocycles. The molecule has 0 bridgehead atoms. The molecule has 0 atom stereocenters. The van der Waals surface area contributed by atoms with E-state index in [1.54, 1.807) is 11.4 Å². The fourth-order valence-electron chi connectivity index (χ4n) is 1.44. The van der Waals surface area contributed by atoms with Crippen molar-refractivity contribution in [3.05, 3.63) is 35.4 Å². The lowest BCUT2D eigenvalue weighted by Crippen LogP contribution is -2.34. The van der Waals surface area contributed by atoms with E-state index in [0.717, 1.165) is 11.3 Å². The highest BCUT2D eigenvalue weighted by molar-refractivity contribution is 7.14. The summed E-state index contributed by atoms with van der Waals surface area (Å²) in [5, 5.41) is 5.84. The molecular weight excluding hydrogens is 335 g/mol. The Bertz CT molecular complexity index is 690. The maximum atomic E-state index is 12.0. The van der Waals surface area contributed by atoms with Crippen molar-refractivity contribution in [2.75, 3.05) is 11.9 Å². The molecule has 0 radical (unpaired) electrons. The summed E-state index contributed by atoms with van der Waals surface area (Å²) in [4.78, 5) is 34.6. The van der Waals surface area contributed by atoms with Gasteiger partial charge in [-0.3, -0.25) is 14.9 Å². The minimum atomic E-state index is -4.47. The molecule has 2 amide bonds. The number of anilines is 1. The fraction of sp³-hybridized carbons (Fsp3) is 0.250. The Morgan fingerprint density at radius 1 is 1.22 bits per heavy atom. The van der Waals surface area contributed by atoms with Gasteiger partial charge in [0.25, 0.3) is 5.91 Å². The van der Waals surface area contributed by atoms with Gasteiger partial charge < -0.3 is 5.32 Å². The van der Waals surface area contributed by atoms with Gasteiger partial charge in [0.15, 0.2) is 5.13 Å². The quantitative estimate of drug-likeness (QED) is 0.854. The average molecular weight is 345 g/mol. The summed E-state index contributed by atoms with van der Waals surface area (Å²) in [6.07, 6.45) is -1.97. The number of halogens is 3. The second kappa shape index (κ2) is 7.13. The van der Waals surface area contributed by atoms with E-state index in [1.165, 1.54) is 17.8 Å². The van der Waals surface area contributed by atoms with E-state index in [1.807, 2.05) is 0 Å². The average Bonchev–Trinajstić information content (AvgIpc) is 2.92. The molecule has 122 valence electrons. The smallest absolute Gasteiger partial charge is 0.347 e. The number of hydrogen-bond donors (Lipinski definition) is 2. The maximum absolute atomic E-state index is 12.0. The molecule has 7 nitrogen and oxygen atoms in total. The Morgan fingerprint density at radius 2 is 1.91 bits per heavy atom. The van der Waals surface area contributed by atoms with Crippen LogP contribution in [0, 0.1) is 0 Å². The summed E-state index contributed by atoms with van der Waals surface area (Å²) < 4.78 is 35.9. The molecule has 0 aliphatic carbocycles. The first-order chi connectivity index (χ1) is 10.8. The van der Waals surface area contributed by atoms with Gasteiger partial charge in [0, 0.05) is 17.8 Å². The normalized spacial score (nSPS) is 11.1. The summed E-state index contributed by atoms with van der Waals surface area (Å²) >= 11 is 1.04. The zero-order valence-corrected chi connectivity index (χ0v) is 12.2. The highest BCUT2D eigenvalue weighted by Gasteiger charge is 2.27. The molecule has 0 aliphatic heterocycles. The molecule has 23 heavy (non-hydrogen) atoms. The van der Waals surface area contributed by atoms with Gasteiger partial charge >= 0.3 is 6.18 Å². The maximum Gasteiger partial charge on any atom is 0.405 e. The number of rotatable bonds is 5. The van der Waals surface area contributed by atoms with Crippen LogP contribution in [0.1, 0.15) is 16.3 Å². The number of carbonyl (C=O) groups excluding carboxylic acids is 2. The Hall–Kier alpha value is -2.56. The third-order valence-corrected chi connectivity index (χ3v) is 3.18. The number of hydrogen-bond acceptors (Lipinski definition) is 6. The second-order valence-corrected chi connectivity index (χ2v) is 5.10. The van der Waals surface area contributed by atoms with Crippen LogP contribution >= 0.6 is 11.3 Å². The van der Waals surface area contributed by atoms with Gasteiger partial charge in [-0.2, -0.15) is 13.2 Å². The van der Waals surface area contributed by atoms with Crippen molar-refractivity contribution in [3.63, 3.8) is 0 Å². The Balaban J connectivity index is 1.88. The monoisotopic (exact) mass is 345 g/mol. The van der Waals surface area contributed by atoms with Crippen molar-refractivity contribution in [2.24, 2.45) is 0 Å². The summed E-state index contributed by atoms with van der Waals surface area (Å²) in [6, 6.07) is 1.55. The van der Waals surface area contributed by atoms with Crippen molar-refractivity contribution < 1.29 is 22.8 Å². The Kier molecular flexibility index (Phi) is 5.21. The lowest BCUT2D eigenvalue weighted by Gasteiger charge is -2.07. The van der Waals surface area contributed by atoms with Gasteiger partial charge in [-0.1, -0.05) is 0 Å². The molecule has 0 unspecified atom stereocenters. The summed E-state index contributed by atoms with van der Waals surface area (Å²) in [7, 11) is 0. The number of alkyl halides is 3. The predicted molar refractivity (Wildman–Crippen MR) is 74.9 cm³/mol. The number of amides is 2. The molecule has 0 spiro atoms. The van der Waals surface area contributed by atoms with Gasteiger partial charge in [0.05, 0.1) is 12.1 Å². The van der Waals surface area contributed by atoms with Crippen LogP contribution in [0.15, 0.2) is 23.8 Å². The van der Waals surface area contributed by atoms with Crippen LogP contribution < -0.4 is 10.6 Å². The summed E-state index contributed by atoms with van der Waals surface area (Å²) in [5.41, 5.74) is 0.249. The lowest BCUT2D eigenvalue weighted by molar-refractivity contribution is -0.138. The zero-order valence-electron chi connectivity index (χ0n) is 11.4. The number of carbonyl (C=O) groups is 2. The number of aromatic nitrogens is 3. The van der Waals surface area contributed by atoms with E-state index in [-0.39, 0.29) is 23.1 Å². The molecule has 2 aromatic rings. The highest BCUT2D eigenvalue weighted by atomic mass is 32.1. The summed E-state index contributed by atoms with van der Waals surface area (Å²) in [5.74, 6) is -1.43. The van der Waals surface area contributed by atoms with Crippen molar-refractivity contribution >= 4 is 28.3 Å². The van der Waals surface area contributed by atoms with Crippen molar-refractivity contribution in [3.8, 4) is 0 Å². The fourth-order valence-corrected chi connectivity index (χ4v) is 2.15. The number of nitrogens with one attached hydrogen (secondary N) is 2. The SMILES string of the molecule is O=C(Cc1csc(NC(=O)c2ncccn2)n1)NCC(F)(F)F. The highest BCUT2D eigenvalue weighted by Crippen LogP contribution is 2.17. The van der Waals surface area contributed by atoms with Crippen LogP contribution in [0.25, 0.3) is 0 Å². The van der Waals surface area contributed by atoms with Crippen LogP contribution in [-0.4, -0.2) is 39.5 Å². The molecular formula is C12H10F3N5O2S. The second-order valence-electron chi connectivity index (χ2n) is 4.24. The van der Waals surface area contributed by atoms with E-state index in [9.17, 15) is 22.8 Å². The minimum absolute atomic E-state index is 0.0489. The molecule has 11 heteroatoms. The van der Waals surface area contributed by atoms with Gasteiger partial charge in [-0.05, 0) is 6.07 Å². The van der Waals surface area contributed by atoms with E-state index < -0.39 is 24.5 Å². The first-order valence-corrected chi connectivity index (χ1v) is 7.08. The van der Waals surface area contributed by atoms with Gasteiger partial charge in [-0.25, -0.2) is 15.0 Å². The van der Waals surface area contributed by atoms with E-state index in [4.69, 9.17) is 0 Å². The largest absolute Gasteiger partial charge is 0.405 e. The first-order valence-electron chi connectivity index (χ1n) is 6.20. The molecule has 0 fully saturated rings. The molecule has 2 N–H and O–H groups in total. The van der Waals surface area contributed by atoms with Crippen molar-refractivity contribution in [1.29, 1.82) is 0 Å². The number of thiazole rings is 1. The molecule has 2 rings (SSSR count). The Morgan fingerprint density at radius 3 is 2.57 bits per heavy atom. The van der Waals surface area contributed by atoms with E-state index in [0.29, 0.717) is 0 Å².